The Bertz CT molecular complexity index is 791. The second-order valence-corrected chi connectivity index (χ2v) is 8.32. The van der Waals surface area contributed by atoms with Gasteiger partial charge in [0.25, 0.3) is 0 Å². The number of aliphatic hydroxyl groups excluding tert-OH is 1. The maximum Gasteiger partial charge on any atom is 0.319 e. The number of rotatable bonds is 8. The van der Waals surface area contributed by atoms with Crippen molar-refractivity contribution in [3.05, 3.63) is 52.2 Å². The Kier molecular flexibility index (Phi) is 6.94. The minimum atomic E-state index is -3.63. The number of benzene rings is 1. The van der Waals surface area contributed by atoms with Gasteiger partial charge in [0, 0.05) is 29.6 Å². The predicted molar refractivity (Wildman–Crippen MR) is 98.9 cm³/mol. The molecule has 1 atom stereocenters. The number of primary sulfonamides is 1. The Balaban J connectivity index is 1.86. The number of sulfonamides is 1. The monoisotopic (exact) mass is 383 g/mol. The number of aliphatic hydroxyl groups is 1. The SMILES string of the molecule is NS(=O)(=O)Cc1cccc(NC(=O)NC[C@@H](CO)Cc2cccs2)c1. The molecule has 7 nitrogen and oxygen atoms in total. The number of hydrogen-bond donors (Lipinski definition) is 4. The third-order valence-corrected chi connectivity index (χ3v) is 5.07. The van der Waals surface area contributed by atoms with Gasteiger partial charge < -0.3 is 15.7 Å². The van der Waals surface area contributed by atoms with Gasteiger partial charge in [0.05, 0.1) is 5.75 Å². The van der Waals surface area contributed by atoms with Crippen LogP contribution in [-0.4, -0.2) is 32.7 Å². The number of nitrogens with one attached hydrogen (secondary N) is 2. The fraction of sp³-hybridized carbons (Fsp3) is 0.312. The largest absolute Gasteiger partial charge is 0.396 e. The molecule has 2 aromatic rings. The first kappa shape index (κ1) is 19.4. The van der Waals surface area contributed by atoms with Gasteiger partial charge in [-0.25, -0.2) is 18.4 Å². The number of amides is 2. The zero-order valence-electron chi connectivity index (χ0n) is 13.5. The average molecular weight is 383 g/mol. The fourth-order valence-corrected chi connectivity index (χ4v) is 3.76. The van der Waals surface area contributed by atoms with Crippen molar-refractivity contribution in [2.75, 3.05) is 18.5 Å². The smallest absolute Gasteiger partial charge is 0.319 e. The van der Waals surface area contributed by atoms with Gasteiger partial charge in [-0.3, -0.25) is 0 Å². The highest BCUT2D eigenvalue weighted by Gasteiger charge is 2.12. The molecule has 0 bridgehead atoms. The summed E-state index contributed by atoms with van der Waals surface area (Å²) in [4.78, 5) is 13.1. The molecule has 0 saturated heterocycles. The van der Waals surface area contributed by atoms with Gasteiger partial charge in [-0.1, -0.05) is 18.2 Å². The van der Waals surface area contributed by atoms with Gasteiger partial charge in [0.1, 0.15) is 0 Å². The topological polar surface area (TPSA) is 122 Å². The Morgan fingerprint density at radius 1 is 1.28 bits per heavy atom. The van der Waals surface area contributed by atoms with Crippen LogP contribution in [0.3, 0.4) is 0 Å². The Morgan fingerprint density at radius 2 is 2.08 bits per heavy atom. The summed E-state index contributed by atoms with van der Waals surface area (Å²) in [6.07, 6.45) is 0.693. The van der Waals surface area contributed by atoms with Gasteiger partial charge in [0.15, 0.2) is 0 Å². The summed E-state index contributed by atoms with van der Waals surface area (Å²) in [5.41, 5.74) is 0.962. The van der Waals surface area contributed by atoms with Crippen molar-refractivity contribution >= 4 is 33.1 Å². The standard InChI is InChI=1S/C16H21N3O4S2/c17-25(22,23)11-12-3-1-4-14(7-12)19-16(21)18-9-13(10-20)8-15-5-2-6-24-15/h1-7,13,20H,8-11H2,(H2,17,22,23)(H2,18,19,21)/t13-/m0/s1. The molecule has 1 heterocycles. The maximum atomic E-state index is 12.0. The van der Waals surface area contributed by atoms with E-state index in [1.54, 1.807) is 35.6 Å². The van der Waals surface area contributed by atoms with Crippen molar-refractivity contribution in [1.29, 1.82) is 0 Å². The summed E-state index contributed by atoms with van der Waals surface area (Å²) < 4.78 is 22.3. The molecule has 0 spiro atoms. The van der Waals surface area contributed by atoms with E-state index in [0.717, 1.165) is 4.88 Å². The highest BCUT2D eigenvalue weighted by atomic mass is 32.2. The second-order valence-electron chi connectivity index (χ2n) is 5.67. The third kappa shape index (κ3) is 7.22. The normalized spacial score (nSPS) is 12.6. The van der Waals surface area contributed by atoms with Crippen LogP contribution in [0.15, 0.2) is 41.8 Å². The van der Waals surface area contributed by atoms with E-state index >= 15 is 0 Å². The molecule has 0 aliphatic carbocycles. The highest BCUT2D eigenvalue weighted by Crippen LogP contribution is 2.15. The molecule has 0 aliphatic rings. The lowest BCUT2D eigenvalue weighted by Crippen LogP contribution is -2.34. The first-order valence-electron chi connectivity index (χ1n) is 7.63. The molecule has 9 heteroatoms. The molecular weight excluding hydrogens is 362 g/mol. The number of urea groups is 1. The highest BCUT2D eigenvalue weighted by molar-refractivity contribution is 7.88. The van der Waals surface area contributed by atoms with Crippen molar-refractivity contribution in [3.63, 3.8) is 0 Å². The van der Waals surface area contributed by atoms with Crippen LogP contribution in [0.1, 0.15) is 10.4 Å². The van der Waals surface area contributed by atoms with Crippen molar-refractivity contribution in [1.82, 2.24) is 5.32 Å². The first-order valence-corrected chi connectivity index (χ1v) is 10.2. The molecule has 0 aliphatic heterocycles. The van der Waals surface area contributed by atoms with Gasteiger partial charge in [0.2, 0.25) is 10.0 Å². The number of carbonyl (C=O) groups is 1. The molecule has 2 amide bonds. The molecule has 1 aromatic carbocycles. The summed E-state index contributed by atoms with van der Waals surface area (Å²) in [6, 6.07) is 9.99. The van der Waals surface area contributed by atoms with E-state index in [2.05, 4.69) is 10.6 Å². The summed E-state index contributed by atoms with van der Waals surface area (Å²) in [6.45, 7) is 0.305. The number of thiophene rings is 1. The van der Waals surface area contributed by atoms with Crippen LogP contribution in [0.4, 0.5) is 10.5 Å². The van der Waals surface area contributed by atoms with Crippen LogP contribution < -0.4 is 15.8 Å². The van der Waals surface area contributed by atoms with Crippen molar-refractivity contribution in [2.45, 2.75) is 12.2 Å². The van der Waals surface area contributed by atoms with Crippen LogP contribution in [0.25, 0.3) is 0 Å². The van der Waals surface area contributed by atoms with Crippen LogP contribution in [-0.2, 0) is 22.2 Å². The molecular formula is C16H21N3O4S2. The first-order chi connectivity index (χ1) is 11.9. The van der Waals surface area contributed by atoms with E-state index in [4.69, 9.17) is 5.14 Å². The van der Waals surface area contributed by atoms with Crippen LogP contribution in [0.2, 0.25) is 0 Å². The summed E-state index contributed by atoms with van der Waals surface area (Å²) in [7, 11) is -3.63. The van der Waals surface area contributed by atoms with Crippen LogP contribution >= 0.6 is 11.3 Å². The number of carbonyl (C=O) groups excluding carboxylic acids is 1. The lowest BCUT2D eigenvalue weighted by molar-refractivity contribution is 0.218. The predicted octanol–water partition coefficient (Wildman–Crippen LogP) is 1.51. The summed E-state index contributed by atoms with van der Waals surface area (Å²) in [5.74, 6) is -0.365. The van der Waals surface area contributed by atoms with Gasteiger partial charge in [-0.2, -0.15) is 0 Å². The fourth-order valence-electron chi connectivity index (χ4n) is 2.30. The van der Waals surface area contributed by atoms with Crippen molar-refractivity contribution in [3.8, 4) is 0 Å². The van der Waals surface area contributed by atoms with E-state index in [1.165, 1.54) is 0 Å². The lowest BCUT2D eigenvalue weighted by Gasteiger charge is -2.15. The number of anilines is 1. The summed E-state index contributed by atoms with van der Waals surface area (Å²) >= 11 is 1.61. The molecule has 0 saturated carbocycles. The van der Waals surface area contributed by atoms with Crippen molar-refractivity contribution < 1.29 is 18.3 Å². The minimum Gasteiger partial charge on any atom is -0.396 e. The second kappa shape index (κ2) is 8.95. The molecule has 0 radical (unpaired) electrons. The molecule has 2 rings (SSSR count). The summed E-state index contributed by atoms with van der Waals surface area (Å²) in [5, 5.41) is 21.8. The Morgan fingerprint density at radius 3 is 2.72 bits per heavy atom. The van der Waals surface area contributed by atoms with E-state index in [1.807, 2.05) is 17.5 Å². The zero-order chi connectivity index (χ0) is 18.3. The number of hydrogen-bond acceptors (Lipinski definition) is 5. The zero-order valence-corrected chi connectivity index (χ0v) is 15.1. The van der Waals surface area contributed by atoms with E-state index in [9.17, 15) is 18.3 Å². The molecule has 1 aromatic heterocycles. The molecule has 25 heavy (non-hydrogen) atoms. The minimum absolute atomic E-state index is 0.0258. The van der Waals surface area contributed by atoms with Gasteiger partial charge in [-0.15, -0.1) is 11.3 Å². The average Bonchev–Trinajstić information content (AvgIpc) is 3.03. The van der Waals surface area contributed by atoms with Gasteiger partial charge >= 0.3 is 6.03 Å². The maximum absolute atomic E-state index is 12.0. The Labute approximate surface area is 150 Å². The van der Waals surface area contributed by atoms with Crippen LogP contribution in [0, 0.1) is 5.92 Å². The van der Waals surface area contributed by atoms with E-state index in [0.29, 0.717) is 24.2 Å². The van der Waals surface area contributed by atoms with Gasteiger partial charge in [-0.05, 0) is 35.6 Å². The number of nitrogens with two attached hydrogens (primary N) is 1. The molecule has 0 unspecified atom stereocenters. The molecule has 136 valence electrons. The molecule has 5 N–H and O–H groups in total. The lowest BCUT2D eigenvalue weighted by atomic mass is 10.1. The Hall–Kier alpha value is -1.94. The van der Waals surface area contributed by atoms with Crippen molar-refractivity contribution in [2.24, 2.45) is 11.1 Å². The van der Waals surface area contributed by atoms with E-state index in [-0.39, 0.29) is 18.3 Å². The molecule has 0 fully saturated rings. The van der Waals surface area contributed by atoms with E-state index < -0.39 is 16.1 Å². The van der Waals surface area contributed by atoms with Crippen LogP contribution in [0.5, 0.6) is 0 Å². The quantitative estimate of drug-likeness (QED) is 0.552. The third-order valence-electron chi connectivity index (χ3n) is 3.43.